The maximum Gasteiger partial charge on any atom is 0.126 e. The lowest BCUT2D eigenvalue weighted by Crippen LogP contribution is -2.42. The third-order valence-corrected chi connectivity index (χ3v) is 4.00. The van der Waals surface area contributed by atoms with Crippen molar-refractivity contribution in [2.45, 2.75) is 25.8 Å². The summed E-state index contributed by atoms with van der Waals surface area (Å²) in [5.74, 6) is 0.931. The van der Waals surface area contributed by atoms with E-state index in [0.717, 1.165) is 17.9 Å². The summed E-state index contributed by atoms with van der Waals surface area (Å²) in [6, 6.07) is 8.77. The Morgan fingerprint density at radius 1 is 1.30 bits per heavy atom. The van der Waals surface area contributed by atoms with Gasteiger partial charge >= 0.3 is 0 Å². The van der Waals surface area contributed by atoms with E-state index in [-0.39, 0.29) is 0 Å². The van der Waals surface area contributed by atoms with E-state index in [1.807, 2.05) is 18.2 Å². The van der Waals surface area contributed by atoms with E-state index in [4.69, 9.17) is 4.74 Å². The summed E-state index contributed by atoms with van der Waals surface area (Å²) < 4.78 is 5.34. The molecule has 0 bridgehead atoms. The lowest BCUT2D eigenvalue weighted by atomic mass is 10.1. The van der Waals surface area contributed by atoms with Crippen molar-refractivity contribution >= 4 is 6.08 Å². The summed E-state index contributed by atoms with van der Waals surface area (Å²) in [6.07, 6.45) is 6.84. The number of para-hydroxylation sites is 1. The topological polar surface area (TPSA) is 24.5 Å². The number of likely N-dealkylation sites (tertiary alicyclic amines) is 1. The van der Waals surface area contributed by atoms with E-state index in [0.29, 0.717) is 6.04 Å². The summed E-state index contributed by atoms with van der Waals surface area (Å²) in [7, 11) is 1.71. The summed E-state index contributed by atoms with van der Waals surface area (Å²) in [4.78, 5) is 2.52. The minimum atomic E-state index is 0.667. The lowest BCUT2D eigenvalue weighted by Gasteiger charge is -2.31. The van der Waals surface area contributed by atoms with Crippen LogP contribution in [0.15, 0.2) is 30.3 Å². The summed E-state index contributed by atoms with van der Waals surface area (Å²) in [5.41, 5.74) is 1.14. The van der Waals surface area contributed by atoms with E-state index in [2.05, 4.69) is 35.4 Å². The summed E-state index contributed by atoms with van der Waals surface area (Å²) in [6.45, 7) is 6.80. The number of methoxy groups -OCH3 is 1. The zero-order valence-electron chi connectivity index (χ0n) is 12.6. The van der Waals surface area contributed by atoms with Crippen molar-refractivity contribution < 1.29 is 4.74 Å². The maximum absolute atomic E-state index is 5.34. The van der Waals surface area contributed by atoms with Crippen molar-refractivity contribution in [2.75, 3.05) is 33.3 Å². The standard InChI is InChI=1S/C17H26N2O/c1-3-19-13-10-16(11-14-19)18-12-6-8-15-7-4-5-9-17(15)20-2/h4-9,16,18H,3,10-14H2,1-2H3/b8-6+. The van der Waals surface area contributed by atoms with Crippen LogP contribution in [0.4, 0.5) is 0 Å². The van der Waals surface area contributed by atoms with E-state index in [1.165, 1.54) is 32.5 Å². The van der Waals surface area contributed by atoms with Crippen molar-refractivity contribution in [1.29, 1.82) is 0 Å². The first-order valence-corrected chi connectivity index (χ1v) is 7.58. The molecular weight excluding hydrogens is 248 g/mol. The Morgan fingerprint density at radius 3 is 2.75 bits per heavy atom. The molecule has 1 aromatic rings. The van der Waals surface area contributed by atoms with Crippen LogP contribution in [-0.4, -0.2) is 44.2 Å². The van der Waals surface area contributed by atoms with E-state index in [9.17, 15) is 0 Å². The second-order valence-corrected chi connectivity index (χ2v) is 5.26. The second kappa shape index (κ2) is 8.08. The average Bonchev–Trinajstić information content (AvgIpc) is 2.52. The van der Waals surface area contributed by atoms with Gasteiger partial charge in [0.05, 0.1) is 7.11 Å². The molecule has 0 saturated carbocycles. The lowest BCUT2D eigenvalue weighted by molar-refractivity contribution is 0.209. The first kappa shape index (κ1) is 15.1. The van der Waals surface area contributed by atoms with E-state index in [1.54, 1.807) is 7.11 Å². The highest BCUT2D eigenvalue weighted by Gasteiger charge is 2.16. The van der Waals surface area contributed by atoms with Crippen LogP contribution in [0, 0.1) is 0 Å². The third kappa shape index (κ3) is 4.36. The molecule has 1 saturated heterocycles. The number of hydrogen-bond donors (Lipinski definition) is 1. The Labute approximate surface area is 122 Å². The molecule has 2 rings (SSSR count). The molecule has 20 heavy (non-hydrogen) atoms. The molecule has 1 aliphatic heterocycles. The van der Waals surface area contributed by atoms with Gasteiger partial charge in [-0.2, -0.15) is 0 Å². The van der Waals surface area contributed by atoms with Gasteiger partial charge in [0.2, 0.25) is 0 Å². The number of hydrogen-bond acceptors (Lipinski definition) is 3. The van der Waals surface area contributed by atoms with E-state index < -0.39 is 0 Å². The molecule has 0 aromatic heterocycles. The van der Waals surface area contributed by atoms with Crippen LogP contribution in [0.2, 0.25) is 0 Å². The quantitative estimate of drug-likeness (QED) is 0.863. The van der Waals surface area contributed by atoms with Crippen molar-refractivity contribution in [3.63, 3.8) is 0 Å². The molecule has 3 heteroatoms. The molecule has 1 aromatic carbocycles. The highest BCUT2D eigenvalue weighted by molar-refractivity contribution is 5.57. The first-order chi connectivity index (χ1) is 9.83. The monoisotopic (exact) mass is 274 g/mol. The predicted molar refractivity (Wildman–Crippen MR) is 85.2 cm³/mol. The second-order valence-electron chi connectivity index (χ2n) is 5.26. The largest absolute Gasteiger partial charge is 0.496 e. The minimum absolute atomic E-state index is 0.667. The molecule has 1 fully saturated rings. The van der Waals surface area contributed by atoms with Gasteiger partial charge in [0.15, 0.2) is 0 Å². The van der Waals surface area contributed by atoms with Gasteiger partial charge in [-0.05, 0) is 38.5 Å². The number of nitrogens with zero attached hydrogens (tertiary/aromatic N) is 1. The fourth-order valence-electron chi connectivity index (χ4n) is 2.68. The molecular formula is C17H26N2O. The maximum atomic E-state index is 5.34. The molecule has 0 amide bonds. The van der Waals surface area contributed by atoms with Crippen LogP contribution in [-0.2, 0) is 0 Å². The SMILES string of the molecule is CCN1CCC(NC/C=C/c2ccccc2OC)CC1. The molecule has 0 aliphatic carbocycles. The first-order valence-electron chi connectivity index (χ1n) is 7.58. The summed E-state index contributed by atoms with van der Waals surface area (Å²) >= 11 is 0. The fourth-order valence-corrected chi connectivity index (χ4v) is 2.68. The van der Waals surface area contributed by atoms with Crippen LogP contribution in [0.5, 0.6) is 5.75 Å². The zero-order chi connectivity index (χ0) is 14.2. The summed E-state index contributed by atoms with van der Waals surface area (Å²) in [5, 5.41) is 3.62. The average molecular weight is 274 g/mol. The van der Waals surface area contributed by atoms with Gasteiger partial charge < -0.3 is 15.0 Å². The van der Waals surface area contributed by atoms with Gasteiger partial charge in [0.25, 0.3) is 0 Å². The smallest absolute Gasteiger partial charge is 0.126 e. The molecule has 1 N–H and O–H groups in total. The number of rotatable bonds is 6. The van der Waals surface area contributed by atoms with Crippen LogP contribution < -0.4 is 10.1 Å². The van der Waals surface area contributed by atoms with Crippen molar-refractivity contribution in [3.05, 3.63) is 35.9 Å². The molecule has 110 valence electrons. The van der Waals surface area contributed by atoms with Gasteiger partial charge in [0, 0.05) is 18.2 Å². The van der Waals surface area contributed by atoms with Gasteiger partial charge in [-0.3, -0.25) is 0 Å². The predicted octanol–water partition coefficient (Wildman–Crippen LogP) is 2.78. The Hall–Kier alpha value is -1.32. The molecule has 1 aliphatic rings. The fraction of sp³-hybridized carbons (Fsp3) is 0.529. The Bertz CT molecular complexity index is 423. The molecule has 0 spiro atoms. The number of benzene rings is 1. The van der Waals surface area contributed by atoms with Crippen LogP contribution in [0.25, 0.3) is 6.08 Å². The highest BCUT2D eigenvalue weighted by Crippen LogP contribution is 2.18. The molecule has 3 nitrogen and oxygen atoms in total. The van der Waals surface area contributed by atoms with Crippen LogP contribution in [0.1, 0.15) is 25.3 Å². The normalized spacial score (nSPS) is 17.7. The Kier molecular flexibility index (Phi) is 6.09. The molecule has 1 heterocycles. The number of piperidine rings is 1. The molecule has 0 atom stereocenters. The van der Waals surface area contributed by atoms with E-state index >= 15 is 0 Å². The van der Waals surface area contributed by atoms with Crippen molar-refractivity contribution in [3.8, 4) is 5.75 Å². The van der Waals surface area contributed by atoms with Crippen molar-refractivity contribution in [2.24, 2.45) is 0 Å². The Balaban J connectivity index is 1.74. The molecule has 0 radical (unpaired) electrons. The Morgan fingerprint density at radius 2 is 2.05 bits per heavy atom. The minimum Gasteiger partial charge on any atom is -0.496 e. The third-order valence-electron chi connectivity index (χ3n) is 4.00. The van der Waals surface area contributed by atoms with Crippen LogP contribution >= 0.6 is 0 Å². The van der Waals surface area contributed by atoms with Gasteiger partial charge in [-0.1, -0.05) is 37.3 Å². The molecule has 0 unspecified atom stereocenters. The number of ether oxygens (including phenoxy) is 1. The highest BCUT2D eigenvalue weighted by atomic mass is 16.5. The van der Waals surface area contributed by atoms with Gasteiger partial charge in [0.1, 0.15) is 5.75 Å². The number of nitrogens with one attached hydrogen (secondary N) is 1. The van der Waals surface area contributed by atoms with Gasteiger partial charge in [-0.25, -0.2) is 0 Å². The van der Waals surface area contributed by atoms with Crippen LogP contribution in [0.3, 0.4) is 0 Å². The van der Waals surface area contributed by atoms with Gasteiger partial charge in [-0.15, -0.1) is 0 Å². The zero-order valence-corrected chi connectivity index (χ0v) is 12.6. The van der Waals surface area contributed by atoms with Crippen molar-refractivity contribution in [1.82, 2.24) is 10.2 Å².